The molecule has 0 saturated carbocycles. The van der Waals surface area contributed by atoms with E-state index in [1.807, 2.05) is 6.92 Å². The van der Waals surface area contributed by atoms with E-state index in [-0.39, 0.29) is 5.56 Å². The van der Waals surface area contributed by atoms with Gasteiger partial charge in [0.1, 0.15) is 10.4 Å². The van der Waals surface area contributed by atoms with Gasteiger partial charge in [0.05, 0.1) is 11.3 Å². The summed E-state index contributed by atoms with van der Waals surface area (Å²) in [5, 5.41) is 13.1. The van der Waals surface area contributed by atoms with E-state index in [1.165, 1.54) is 23.8 Å². The molecule has 0 amide bonds. The predicted octanol–water partition coefficient (Wildman–Crippen LogP) is 1.49. The molecule has 0 spiro atoms. The van der Waals surface area contributed by atoms with Crippen LogP contribution in [0.3, 0.4) is 0 Å². The molecule has 19 heavy (non-hydrogen) atoms. The monoisotopic (exact) mass is 275 g/mol. The molecule has 0 aromatic carbocycles. The maximum atomic E-state index is 11.2. The topological polar surface area (TPSA) is 93.8 Å². The molecular weight excluding hydrogens is 266 g/mol. The molecule has 0 aliphatic rings. The van der Waals surface area contributed by atoms with Gasteiger partial charge in [-0.3, -0.25) is 0 Å². The van der Waals surface area contributed by atoms with Crippen LogP contribution >= 0.6 is 11.5 Å². The molecule has 0 saturated heterocycles. The van der Waals surface area contributed by atoms with E-state index in [0.29, 0.717) is 17.0 Å². The second kappa shape index (κ2) is 4.09. The molecule has 0 radical (unpaired) electrons. The number of carbonyl (C=O) groups is 1. The lowest BCUT2D eigenvalue weighted by molar-refractivity contribution is 0.0699. The van der Waals surface area contributed by atoms with Gasteiger partial charge in [0.25, 0.3) is 0 Å². The third kappa shape index (κ3) is 1.68. The van der Waals surface area contributed by atoms with E-state index >= 15 is 0 Å². The Balaban J connectivity index is 2.35. The number of pyridine rings is 1. The lowest BCUT2D eigenvalue weighted by Crippen LogP contribution is -1.98. The van der Waals surface area contributed by atoms with Crippen molar-refractivity contribution in [3.8, 4) is 10.7 Å². The summed E-state index contributed by atoms with van der Waals surface area (Å²) >= 11 is 1.23. The van der Waals surface area contributed by atoms with Crippen LogP contribution in [-0.4, -0.2) is 35.2 Å². The molecule has 3 rings (SSSR count). The number of carboxylic acid groups (broad SMARTS) is 1. The molecule has 0 unspecified atom stereocenters. The van der Waals surface area contributed by atoms with Gasteiger partial charge in [-0.05, 0) is 24.5 Å². The van der Waals surface area contributed by atoms with Crippen LogP contribution < -0.4 is 0 Å². The summed E-state index contributed by atoms with van der Waals surface area (Å²) in [5.41, 5.74) is 1.81. The number of aromatic carboxylic acids is 1. The zero-order valence-corrected chi connectivity index (χ0v) is 11.0. The Morgan fingerprint density at radius 3 is 2.89 bits per heavy atom. The third-order valence-corrected chi connectivity index (χ3v) is 3.67. The highest BCUT2D eigenvalue weighted by Crippen LogP contribution is 2.28. The minimum absolute atomic E-state index is 0.141. The molecule has 0 bridgehead atoms. The van der Waals surface area contributed by atoms with Gasteiger partial charge >= 0.3 is 5.97 Å². The van der Waals surface area contributed by atoms with Crippen molar-refractivity contribution in [2.24, 2.45) is 7.05 Å². The summed E-state index contributed by atoms with van der Waals surface area (Å²) in [4.78, 5) is 20.6. The Bertz CT molecular complexity index is 792. The fourth-order valence-electron chi connectivity index (χ4n) is 1.89. The first-order valence-corrected chi connectivity index (χ1v) is 6.21. The summed E-state index contributed by atoms with van der Waals surface area (Å²) in [7, 11) is 1.79. The van der Waals surface area contributed by atoms with Crippen LogP contribution in [0.2, 0.25) is 0 Å². The van der Waals surface area contributed by atoms with Gasteiger partial charge in [-0.15, -0.1) is 5.10 Å². The minimum Gasteiger partial charge on any atom is -0.478 e. The normalized spacial score (nSPS) is 11.1. The molecule has 3 heterocycles. The highest BCUT2D eigenvalue weighted by molar-refractivity contribution is 7.09. The molecule has 96 valence electrons. The van der Waals surface area contributed by atoms with Crippen LogP contribution in [0.1, 0.15) is 16.1 Å². The first kappa shape index (κ1) is 11.7. The largest absolute Gasteiger partial charge is 0.478 e. The zero-order chi connectivity index (χ0) is 13.6. The number of nitrogens with zero attached hydrogens (tertiary/aromatic N) is 5. The lowest BCUT2D eigenvalue weighted by atomic mass is 10.2. The standard InChI is InChI=1S/C11H9N5O2S/c1-5-8(19-15-14-5)10-13-7-6(11(17)18)3-4-12-9(7)16(10)2/h3-4H,1-2H3,(H,17,18). The Labute approximate surface area is 111 Å². The van der Waals surface area contributed by atoms with Crippen molar-refractivity contribution in [3.05, 3.63) is 23.5 Å². The maximum Gasteiger partial charge on any atom is 0.338 e. The van der Waals surface area contributed by atoms with E-state index in [4.69, 9.17) is 5.11 Å². The van der Waals surface area contributed by atoms with Crippen LogP contribution in [0, 0.1) is 6.92 Å². The van der Waals surface area contributed by atoms with E-state index in [9.17, 15) is 4.79 Å². The van der Waals surface area contributed by atoms with Gasteiger partial charge < -0.3 is 9.67 Å². The number of carboxylic acids is 1. The van der Waals surface area contributed by atoms with Crippen molar-refractivity contribution in [2.75, 3.05) is 0 Å². The molecule has 0 fully saturated rings. The SMILES string of the molecule is Cc1nnsc1-c1nc2c(C(=O)O)ccnc2n1C. The van der Waals surface area contributed by atoms with Crippen LogP contribution in [-0.2, 0) is 7.05 Å². The number of aromatic nitrogens is 5. The number of hydrogen-bond donors (Lipinski definition) is 1. The van der Waals surface area contributed by atoms with Gasteiger partial charge in [0, 0.05) is 13.2 Å². The maximum absolute atomic E-state index is 11.2. The Kier molecular flexibility index (Phi) is 2.53. The minimum atomic E-state index is -1.02. The third-order valence-electron chi connectivity index (χ3n) is 2.84. The Morgan fingerprint density at radius 2 is 2.26 bits per heavy atom. The molecule has 1 N–H and O–H groups in total. The Hall–Kier alpha value is -2.35. The van der Waals surface area contributed by atoms with Crippen LogP contribution in [0.25, 0.3) is 21.9 Å². The molecule has 0 aliphatic carbocycles. The summed E-state index contributed by atoms with van der Waals surface area (Å²) in [6, 6.07) is 1.44. The van der Waals surface area contributed by atoms with Crippen molar-refractivity contribution in [2.45, 2.75) is 6.92 Å². The summed E-state index contributed by atoms with van der Waals surface area (Å²) < 4.78 is 5.62. The van der Waals surface area contributed by atoms with E-state index in [1.54, 1.807) is 11.6 Å². The van der Waals surface area contributed by atoms with Gasteiger partial charge in [-0.25, -0.2) is 14.8 Å². The highest BCUT2D eigenvalue weighted by Gasteiger charge is 2.19. The first-order chi connectivity index (χ1) is 9.09. The number of hydrogen-bond acceptors (Lipinski definition) is 6. The van der Waals surface area contributed by atoms with Crippen LogP contribution in [0.4, 0.5) is 0 Å². The number of fused-ring (bicyclic) bond motifs is 1. The van der Waals surface area contributed by atoms with Crippen molar-refractivity contribution in [1.82, 2.24) is 24.1 Å². The lowest BCUT2D eigenvalue weighted by Gasteiger charge is -1.98. The van der Waals surface area contributed by atoms with E-state index in [2.05, 4.69) is 19.6 Å². The number of imidazole rings is 1. The van der Waals surface area contributed by atoms with E-state index < -0.39 is 5.97 Å². The van der Waals surface area contributed by atoms with Gasteiger partial charge in [0.2, 0.25) is 0 Å². The van der Waals surface area contributed by atoms with Gasteiger partial charge in [-0.2, -0.15) is 0 Å². The molecular formula is C11H9N5O2S. The van der Waals surface area contributed by atoms with Crippen molar-refractivity contribution >= 4 is 28.7 Å². The molecule has 0 atom stereocenters. The quantitative estimate of drug-likeness (QED) is 0.761. The molecule has 3 aromatic heterocycles. The summed E-state index contributed by atoms with van der Waals surface area (Å²) in [5.74, 6) is -0.389. The van der Waals surface area contributed by atoms with E-state index in [0.717, 1.165) is 10.6 Å². The zero-order valence-electron chi connectivity index (χ0n) is 10.2. The van der Waals surface area contributed by atoms with Crippen LogP contribution in [0.15, 0.2) is 12.3 Å². The molecule has 7 nitrogen and oxygen atoms in total. The first-order valence-electron chi connectivity index (χ1n) is 5.43. The fraction of sp³-hybridized carbons (Fsp3) is 0.182. The molecule has 3 aromatic rings. The summed E-state index contributed by atoms with van der Waals surface area (Å²) in [6.45, 7) is 1.84. The van der Waals surface area contributed by atoms with Gasteiger partial charge in [0.15, 0.2) is 11.5 Å². The molecule has 8 heteroatoms. The van der Waals surface area contributed by atoms with Crippen LogP contribution in [0.5, 0.6) is 0 Å². The Morgan fingerprint density at radius 1 is 1.47 bits per heavy atom. The predicted molar refractivity (Wildman–Crippen MR) is 69.1 cm³/mol. The number of rotatable bonds is 2. The van der Waals surface area contributed by atoms with Crippen molar-refractivity contribution in [3.63, 3.8) is 0 Å². The number of aryl methyl sites for hydroxylation is 2. The molecule has 0 aliphatic heterocycles. The smallest absolute Gasteiger partial charge is 0.338 e. The fourth-order valence-corrected chi connectivity index (χ4v) is 2.57. The summed E-state index contributed by atoms with van der Waals surface area (Å²) in [6.07, 6.45) is 1.47. The highest BCUT2D eigenvalue weighted by atomic mass is 32.1. The van der Waals surface area contributed by atoms with Crippen molar-refractivity contribution in [1.29, 1.82) is 0 Å². The van der Waals surface area contributed by atoms with Crippen molar-refractivity contribution < 1.29 is 9.90 Å². The van der Waals surface area contributed by atoms with Gasteiger partial charge in [-0.1, -0.05) is 4.49 Å². The average Bonchev–Trinajstić information content (AvgIpc) is 2.93. The second-order valence-corrected chi connectivity index (χ2v) is 4.77. The average molecular weight is 275 g/mol. The second-order valence-electron chi connectivity index (χ2n) is 4.02.